The lowest BCUT2D eigenvalue weighted by Gasteiger charge is -2.26. The fraction of sp³-hybridized carbons (Fsp3) is 0.207. The number of pyridine rings is 8. The van der Waals surface area contributed by atoms with Crippen molar-refractivity contribution in [1.29, 1.82) is 0 Å². The molecule has 600 valence electrons. The Morgan fingerprint density at radius 3 is 1.02 bits per heavy atom. The van der Waals surface area contributed by atoms with Crippen molar-refractivity contribution < 1.29 is 4.79 Å². The minimum atomic E-state index is -0.0788. The Bertz CT molecular complexity index is 6990. The zero-order valence-corrected chi connectivity index (χ0v) is 67.4. The van der Waals surface area contributed by atoms with Gasteiger partial charge >= 0.3 is 0 Å². The Morgan fingerprint density at radius 2 is 0.678 bits per heavy atom. The van der Waals surface area contributed by atoms with Crippen LogP contribution < -0.4 is 5.32 Å². The van der Waals surface area contributed by atoms with Crippen molar-refractivity contribution >= 4 is 99.3 Å². The predicted molar refractivity (Wildman–Crippen MR) is 473 cm³/mol. The molecule has 1 amide bonds. The Labute approximate surface area is 693 Å². The third-order valence-corrected chi connectivity index (χ3v) is 21.7. The SMILES string of the molecule is CC(C)(C)CC(=O)Nc1cncc(-c2ccc3[nH]nc(-c4nc5ccncc5[nH]4)c3c2)c1.CN(C)Cc1cncc(-c2ccc3[nH]nc(-c4nc5ccncc5[nH]4)c3c2)c1.c1cc2nc(-c3n[nH]c4ccc(-c5cncc(CN6CCCC6)c5)cc34)[nH]c2cn1.c1cc2nc(-c3n[nH]c4ccc(-c5cncc(CN6CCCCC6)c5)cc34)[nH]c2cn1. The maximum absolute atomic E-state index is 12.3. The summed E-state index contributed by atoms with van der Waals surface area (Å²) in [5.74, 6) is 2.86. The lowest BCUT2D eigenvalue weighted by molar-refractivity contribution is -0.117. The first kappa shape index (κ1) is 76.2. The van der Waals surface area contributed by atoms with Gasteiger partial charge in [-0.2, -0.15) is 20.4 Å². The molecule has 2 saturated heterocycles. The van der Waals surface area contributed by atoms with E-state index >= 15 is 0 Å². The maximum atomic E-state index is 12.3. The summed E-state index contributed by atoms with van der Waals surface area (Å²) in [7, 11) is 4.11. The van der Waals surface area contributed by atoms with Gasteiger partial charge in [0.05, 0.1) is 103 Å². The number of fused-ring (bicyclic) bond motifs is 8. The average molecular weight is 1600 g/mol. The lowest BCUT2D eigenvalue weighted by Crippen LogP contribution is -2.29. The number of carbonyl (C=O) groups is 1. The van der Waals surface area contributed by atoms with Crippen LogP contribution in [-0.2, 0) is 24.4 Å². The second-order valence-electron chi connectivity index (χ2n) is 32.3. The van der Waals surface area contributed by atoms with Gasteiger partial charge in [-0.1, -0.05) is 51.5 Å². The summed E-state index contributed by atoms with van der Waals surface area (Å²) in [6.07, 6.45) is 36.1. The number of aromatic amines is 8. The molecule has 22 rings (SSSR count). The van der Waals surface area contributed by atoms with Crippen molar-refractivity contribution in [2.45, 2.75) is 78.9 Å². The summed E-state index contributed by atoms with van der Waals surface area (Å²) in [6, 6.07) is 41.2. The number of nitrogens with one attached hydrogen (secondary N) is 9. The van der Waals surface area contributed by atoms with E-state index in [2.05, 4.69) is 222 Å². The van der Waals surface area contributed by atoms with Crippen LogP contribution in [0.15, 0.2) is 220 Å². The molecular formula is C92H86N28O. The van der Waals surface area contributed by atoms with Crippen LogP contribution in [0.25, 0.3) is 178 Å². The van der Waals surface area contributed by atoms with Gasteiger partial charge in [0.1, 0.15) is 22.8 Å². The number of amides is 1. The molecule has 0 aliphatic carbocycles. The second kappa shape index (κ2) is 33.3. The Balaban J connectivity index is 0.000000107. The molecule has 2 aliphatic heterocycles. The van der Waals surface area contributed by atoms with Crippen LogP contribution in [0.5, 0.6) is 0 Å². The number of nitrogens with zero attached hydrogens (tertiary/aromatic N) is 19. The van der Waals surface area contributed by atoms with Gasteiger partial charge in [0, 0.05) is 138 Å². The second-order valence-corrected chi connectivity index (χ2v) is 32.3. The molecule has 2 fully saturated rings. The highest BCUT2D eigenvalue weighted by molar-refractivity contribution is 6.00. The highest BCUT2D eigenvalue weighted by atomic mass is 16.1. The summed E-state index contributed by atoms with van der Waals surface area (Å²) < 4.78 is 0. The van der Waals surface area contributed by atoms with E-state index in [4.69, 9.17) is 4.98 Å². The molecule has 16 aromatic heterocycles. The zero-order chi connectivity index (χ0) is 81.9. The van der Waals surface area contributed by atoms with E-state index in [-0.39, 0.29) is 11.3 Å². The molecule has 0 spiro atoms. The molecule has 20 aromatic rings. The minimum absolute atomic E-state index is 0.0246. The largest absolute Gasteiger partial charge is 0.335 e. The van der Waals surface area contributed by atoms with Crippen molar-refractivity contribution in [1.82, 2.24) is 135 Å². The van der Waals surface area contributed by atoms with Crippen molar-refractivity contribution in [2.24, 2.45) is 5.41 Å². The van der Waals surface area contributed by atoms with E-state index in [0.29, 0.717) is 17.9 Å². The first-order valence-electron chi connectivity index (χ1n) is 40.5. The van der Waals surface area contributed by atoms with Crippen LogP contribution in [0.3, 0.4) is 0 Å². The fourth-order valence-corrected chi connectivity index (χ4v) is 15.9. The third kappa shape index (κ3) is 16.9. The molecule has 9 N–H and O–H groups in total. The highest BCUT2D eigenvalue weighted by Gasteiger charge is 2.23. The molecule has 29 heteroatoms. The Kier molecular flexibility index (Phi) is 21.0. The standard InChI is InChI=1S/C24H23N7O.C24H23N7.C23H21N7.C21H19N7/c1-24(2,3)10-21(32)27-16-8-15(11-26-12-16)14-4-5-18-17(9-14)22(31-30-18)23-28-19-6-7-25-13-20(19)29-23;1-2-8-31(9-3-1)15-16-10-18(13-26-12-16)17-4-5-20-19(11-17)23(30-29-20)24-27-21-6-7-25-14-22(21)28-24;1-2-8-30(7-1)14-15-9-17(12-25-11-15)16-3-4-19-18(10-16)22(29-28-19)23-26-20-5-6-24-13-21(20)27-23;1-28(2)12-13-7-15(10-23-9-13)14-3-4-17-16(8-14)20(27-26-17)21-24-18-5-6-22-11-19(18)25-21/h4-9,11-13H,10H2,1-3H3,(H,27,32)(H,28,29)(H,30,31);4-7,10-14H,1-3,8-9,15H2,(H,27,28)(H,29,30);3-6,9-13H,1-2,7-8,14H2,(H,26,27)(H,28,29);3-11H,12H2,1-2H3,(H,24,25)(H,26,27). The van der Waals surface area contributed by atoms with Gasteiger partial charge in [-0.15, -0.1) is 0 Å². The first-order chi connectivity index (χ1) is 59.2. The highest BCUT2D eigenvalue weighted by Crippen LogP contribution is 2.37. The third-order valence-electron chi connectivity index (χ3n) is 21.7. The van der Waals surface area contributed by atoms with E-state index < -0.39 is 0 Å². The predicted octanol–water partition coefficient (Wildman–Crippen LogP) is 17.3. The lowest BCUT2D eigenvalue weighted by atomic mass is 9.92. The molecule has 0 bridgehead atoms. The van der Waals surface area contributed by atoms with Gasteiger partial charge in [-0.25, -0.2) is 19.9 Å². The minimum Gasteiger partial charge on any atom is -0.335 e. The van der Waals surface area contributed by atoms with E-state index in [0.717, 1.165) is 192 Å². The van der Waals surface area contributed by atoms with Crippen molar-refractivity contribution in [2.75, 3.05) is 45.6 Å². The molecule has 0 saturated carbocycles. The normalized spacial score (nSPS) is 13.4. The van der Waals surface area contributed by atoms with Crippen LogP contribution in [0.2, 0.25) is 0 Å². The summed E-state index contributed by atoms with van der Waals surface area (Å²) in [6.45, 7) is 13.6. The van der Waals surface area contributed by atoms with Gasteiger partial charge < -0.3 is 30.2 Å². The summed E-state index contributed by atoms with van der Waals surface area (Å²) in [5.41, 5.74) is 26.9. The van der Waals surface area contributed by atoms with Gasteiger partial charge in [0.25, 0.3) is 0 Å². The Morgan fingerprint density at radius 1 is 0.355 bits per heavy atom. The van der Waals surface area contributed by atoms with Crippen LogP contribution in [0.4, 0.5) is 5.69 Å². The number of likely N-dealkylation sites (tertiary alicyclic amines) is 2. The van der Waals surface area contributed by atoms with Gasteiger partial charge in [-0.05, 0) is 207 Å². The first-order valence-corrected chi connectivity index (χ1v) is 40.5. The molecule has 121 heavy (non-hydrogen) atoms. The van der Waals surface area contributed by atoms with Gasteiger partial charge in [0.15, 0.2) is 23.3 Å². The van der Waals surface area contributed by atoms with Gasteiger partial charge in [0.2, 0.25) is 5.91 Å². The van der Waals surface area contributed by atoms with Crippen molar-refractivity contribution in [3.05, 3.63) is 237 Å². The number of imidazole rings is 4. The molecular weight excluding hydrogens is 1510 g/mol. The molecule has 29 nitrogen and oxygen atoms in total. The summed E-state index contributed by atoms with van der Waals surface area (Å²) in [4.78, 5) is 85.8. The quantitative estimate of drug-likeness (QED) is 0.0434. The number of carbonyl (C=O) groups excluding carboxylic acids is 1. The number of benzene rings is 4. The average Bonchev–Trinajstić information content (AvgIpc) is 1.65. The summed E-state index contributed by atoms with van der Waals surface area (Å²) in [5, 5.41) is 37.4. The van der Waals surface area contributed by atoms with Crippen LogP contribution >= 0.6 is 0 Å². The molecule has 0 radical (unpaired) electrons. The number of rotatable bonds is 16. The number of H-pyrrole nitrogens is 8. The molecule has 18 heterocycles. The van der Waals surface area contributed by atoms with E-state index in [1.54, 1.807) is 62.0 Å². The fourth-order valence-electron chi connectivity index (χ4n) is 15.9. The number of anilines is 1. The van der Waals surface area contributed by atoms with Crippen molar-refractivity contribution in [3.63, 3.8) is 0 Å². The van der Waals surface area contributed by atoms with Crippen LogP contribution in [0.1, 0.15) is 76.0 Å². The maximum Gasteiger partial charge on any atom is 0.224 e. The zero-order valence-electron chi connectivity index (χ0n) is 67.4. The smallest absolute Gasteiger partial charge is 0.224 e. The van der Waals surface area contributed by atoms with Crippen LogP contribution in [0, 0.1) is 5.41 Å². The number of hydrogen-bond acceptors (Lipinski definition) is 20. The molecule has 0 atom stereocenters. The molecule has 2 aliphatic rings. The monoisotopic (exact) mass is 1600 g/mol. The Hall–Kier alpha value is -14.8. The molecule has 0 unspecified atom stereocenters. The molecule has 4 aromatic carbocycles. The summed E-state index contributed by atoms with van der Waals surface area (Å²) >= 11 is 0. The topological polar surface area (TPSA) is 371 Å². The van der Waals surface area contributed by atoms with E-state index in [9.17, 15) is 4.79 Å². The number of aromatic nitrogens is 24. The van der Waals surface area contributed by atoms with Crippen LogP contribution in [-0.4, -0.2) is 181 Å². The number of piperidine rings is 1. The van der Waals surface area contributed by atoms with E-state index in [1.165, 1.54) is 75.0 Å². The number of hydrogen-bond donors (Lipinski definition) is 9. The van der Waals surface area contributed by atoms with E-state index in [1.807, 2.05) is 106 Å². The van der Waals surface area contributed by atoms with Crippen molar-refractivity contribution in [3.8, 4) is 90.6 Å². The van der Waals surface area contributed by atoms with Gasteiger partial charge in [-0.3, -0.25) is 74.9 Å².